The van der Waals surface area contributed by atoms with Crippen molar-refractivity contribution < 1.29 is 9.47 Å². The van der Waals surface area contributed by atoms with Crippen molar-refractivity contribution in [2.75, 3.05) is 24.9 Å². The predicted molar refractivity (Wildman–Crippen MR) is 103 cm³/mol. The first-order valence-corrected chi connectivity index (χ1v) is 8.29. The van der Waals surface area contributed by atoms with E-state index in [9.17, 15) is 0 Å². The van der Waals surface area contributed by atoms with Gasteiger partial charge in [0.1, 0.15) is 5.82 Å². The summed E-state index contributed by atoms with van der Waals surface area (Å²) in [6.07, 6.45) is 1.72. The summed E-state index contributed by atoms with van der Waals surface area (Å²) in [5.41, 5.74) is 3.25. The van der Waals surface area contributed by atoms with Crippen molar-refractivity contribution in [2.45, 2.75) is 13.5 Å². The summed E-state index contributed by atoms with van der Waals surface area (Å²) in [4.78, 5) is 8.76. The summed E-state index contributed by atoms with van der Waals surface area (Å²) in [7, 11) is 3.24. The van der Waals surface area contributed by atoms with E-state index in [0.717, 1.165) is 17.1 Å². The van der Waals surface area contributed by atoms with E-state index in [2.05, 4.69) is 39.7 Å². The summed E-state index contributed by atoms with van der Waals surface area (Å²) in [6.45, 7) is 2.64. The molecule has 0 radical (unpaired) electrons. The Morgan fingerprint density at radius 3 is 2.42 bits per heavy atom. The molecule has 134 valence electrons. The van der Waals surface area contributed by atoms with E-state index in [1.54, 1.807) is 20.4 Å². The zero-order valence-corrected chi connectivity index (χ0v) is 15.1. The number of anilines is 3. The van der Waals surface area contributed by atoms with Crippen molar-refractivity contribution in [3.8, 4) is 11.5 Å². The van der Waals surface area contributed by atoms with Crippen molar-refractivity contribution in [1.29, 1.82) is 0 Å². The molecular weight excluding hydrogens is 328 g/mol. The molecule has 1 aromatic heterocycles. The lowest BCUT2D eigenvalue weighted by Crippen LogP contribution is -2.05. The number of aromatic nitrogens is 2. The predicted octanol–water partition coefficient (Wildman–Crippen LogP) is 4.16. The fourth-order valence-electron chi connectivity index (χ4n) is 2.47. The Kier molecular flexibility index (Phi) is 5.53. The van der Waals surface area contributed by atoms with Crippen LogP contribution in [0.2, 0.25) is 0 Å². The van der Waals surface area contributed by atoms with Gasteiger partial charge >= 0.3 is 0 Å². The van der Waals surface area contributed by atoms with Crippen LogP contribution in [-0.2, 0) is 6.54 Å². The molecule has 0 atom stereocenters. The van der Waals surface area contributed by atoms with Gasteiger partial charge in [-0.25, -0.2) is 4.98 Å². The summed E-state index contributed by atoms with van der Waals surface area (Å²) in [5.74, 6) is 2.69. The fraction of sp³-hybridized carbons (Fsp3) is 0.200. The molecule has 26 heavy (non-hydrogen) atoms. The van der Waals surface area contributed by atoms with Crippen LogP contribution >= 0.6 is 0 Å². The van der Waals surface area contributed by atoms with E-state index >= 15 is 0 Å². The van der Waals surface area contributed by atoms with Crippen molar-refractivity contribution >= 4 is 17.5 Å². The molecule has 0 saturated heterocycles. The second kappa shape index (κ2) is 8.20. The van der Waals surface area contributed by atoms with Gasteiger partial charge in [-0.2, -0.15) is 4.98 Å². The third kappa shape index (κ3) is 4.42. The molecule has 1 heterocycles. The van der Waals surface area contributed by atoms with Gasteiger partial charge in [0, 0.05) is 18.4 Å². The Balaban J connectivity index is 1.66. The first-order valence-electron chi connectivity index (χ1n) is 8.29. The number of hydrogen-bond donors (Lipinski definition) is 2. The van der Waals surface area contributed by atoms with Crippen LogP contribution in [0.5, 0.6) is 11.5 Å². The minimum Gasteiger partial charge on any atom is -0.493 e. The highest BCUT2D eigenvalue weighted by molar-refractivity contribution is 5.57. The second-order valence-electron chi connectivity index (χ2n) is 5.80. The molecule has 0 bridgehead atoms. The molecule has 0 spiro atoms. The first kappa shape index (κ1) is 17.5. The van der Waals surface area contributed by atoms with Crippen molar-refractivity contribution in [1.82, 2.24) is 9.97 Å². The van der Waals surface area contributed by atoms with Crippen LogP contribution in [-0.4, -0.2) is 24.2 Å². The molecule has 2 N–H and O–H groups in total. The van der Waals surface area contributed by atoms with Gasteiger partial charge in [-0.05, 0) is 42.8 Å². The highest BCUT2D eigenvalue weighted by Crippen LogP contribution is 2.27. The molecule has 3 rings (SSSR count). The molecule has 0 aliphatic rings. The average Bonchev–Trinajstić information content (AvgIpc) is 2.68. The molecule has 0 saturated carbocycles. The molecular formula is C20H22N4O2. The van der Waals surface area contributed by atoms with Gasteiger partial charge in [0.25, 0.3) is 0 Å². The van der Waals surface area contributed by atoms with E-state index in [4.69, 9.17) is 9.47 Å². The maximum absolute atomic E-state index is 5.33. The van der Waals surface area contributed by atoms with Gasteiger partial charge in [-0.15, -0.1) is 0 Å². The quantitative estimate of drug-likeness (QED) is 0.667. The maximum atomic E-state index is 5.33. The van der Waals surface area contributed by atoms with Crippen LogP contribution in [0.4, 0.5) is 17.5 Å². The van der Waals surface area contributed by atoms with Gasteiger partial charge in [0.2, 0.25) is 5.95 Å². The maximum Gasteiger partial charge on any atom is 0.224 e. The zero-order chi connectivity index (χ0) is 18.4. The second-order valence-corrected chi connectivity index (χ2v) is 5.80. The summed E-state index contributed by atoms with van der Waals surface area (Å²) < 4.78 is 10.6. The van der Waals surface area contributed by atoms with Crippen LogP contribution in [0.25, 0.3) is 0 Å². The highest BCUT2D eigenvalue weighted by atomic mass is 16.5. The number of aryl methyl sites for hydroxylation is 1. The standard InChI is InChI=1S/C20H22N4O2/c1-14-4-7-16(8-5-14)23-19-10-11-21-20(24-19)22-13-15-6-9-17(25-2)18(12-15)26-3/h4-12H,13H2,1-3H3,(H2,21,22,23,24). The third-order valence-electron chi connectivity index (χ3n) is 3.88. The summed E-state index contributed by atoms with van der Waals surface area (Å²) in [6, 6.07) is 15.8. The zero-order valence-electron chi connectivity index (χ0n) is 15.1. The summed E-state index contributed by atoms with van der Waals surface area (Å²) in [5, 5.41) is 6.50. The Morgan fingerprint density at radius 1 is 0.923 bits per heavy atom. The van der Waals surface area contributed by atoms with E-state index in [1.165, 1.54) is 5.56 Å². The lowest BCUT2D eigenvalue weighted by Gasteiger charge is -2.11. The largest absolute Gasteiger partial charge is 0.493 e. The monoisotopic (exact) mass is 350 g/mol. The molecule has 0 amide bonds. The minimum atomic E-state index is 0.553. The molecule has 2 aromatic carbocycles. The Bertz CT molecular complexity index is 866. The molecule has 0 unspecified atom stereocenters. The van der Waals surface area contributed by atoms with Crippen molar-refractivity contribution in [3.63, 3.8) is 0 Å². The first-order chi connectivity index (χ1) is 12.7. The smallest absolute Gasteiger partial charge is 0.224 e. The van der Waals surface area contributed by atoms with Crippen LogP contribution < -0.4 is 20.1 Å². The average molecular weight is 350 g/mol. The van der Waals surface area contributed by atoms with Crippen molar-refractivity contribution in [3.05, 3.63) is 65.9 Å². The van der Waals surface area contributed by atoms with Crippen LogP contribution in [0.15, 0.2) is 54.7 Å². The normalized spacial score (nSPS) is 10.3. The molecule has 6 heteroatoms. The topological polar surface area (TPSA) is 68.3 Å². The summed E-state index contributed by atoms with van der Waals surface area (Å²) >= 11 is 0. The molecule has 6 nitrogen and oxygen atoms in total. The third-order valence-corrected chi connectivity index (χ3v) is 3.88. The number of nitrogens with one attached hydrogen (secondary N) is 2. The molecule has 0 aliphatic heterocycles. The highest BCUT2D eigenvalue weighted by Gasteiger charge is 2.05. The van der Waals surface area contributed by atoms with Crippen LogP contribution in [0, 0.1) is 6.92 Å². The number of rotatable bonds is 7. The molecule has 0 aliphatic carbocycles. The Hall–Kier alpha value is -3.28. The van der Waals surface area contributed by atoms with Gasteiger partial charge in [-0.3, -0.25) is 0 Å². The lowest BCUT2D eigenvalue weighted by molar-refractivity contribution is 0.354. The minimum absolute atomic E-state index is 0.553. The van der Waals surface area contributed by atoms with Crippen LogP contribution in [0.1, 0.15) is 11.1 Å². The fourth-order valence-corrected chi connectivity index (χ4v) is 2.47. The van der Waals surface area contributed by atoms with E-state index in [-0.39, 0.29) is 0 Å². The Labute approximate surface area is 153 Å². The van der Waals surface area contributed by atoms with E-state index in [1.807, 2.05) is 36.4 Å². The lowest BCUT2D eigenvalue weighted by atomic mass is 10.2. The SMILES string of the molecule is COc1ccc(CNc2nccc(Nc3ccc(C)cc3)n2)cc1OC. The number of ether oxygens (including phenoxy) is 2. The number of benzene rings is 2. The number of methoxy groups -OCH3 is 2. The molecule has 0 fully saturated rings. The number of nitrogens with zero attached hydrogens (tertiary/aromatic N) is 2. The van der Waals surface area contributed by atoms with Gasteiger partial charge in [-0.1, -0.05) is 23.8 Å². The number of hydrogen-bond acceptors (Lipinski definition) is 6. The van der Waals surface area contributed by atoms with Crippen LogP contribution in [0.3, 0.4) is 0 Å². The van der Waals surface area contributed by atoms with Gasteiger partial charge in [0.15, 0.2) is 11.5 Å². The van der Waals surface area contributed by atoms with Crippen molar-refractivity contribution in [2.24, 2.45) is 0 Å². The van der Waals surface area contributed by atoms with E-state index < -0.39 is 0 Å². The van der Waals surface area contributed by atoms with E-state index in [0.29, 0.717) is 24.0 Å². The molecule has 3 aromatic rings. The Morgan fingerprint density at radius 2 is 1.69 bits per heavy atom. The van der Waals surface area contributed by atoms with Gasteiger partial charge < -0.3 is 20.1 Å². The van der Waals surface area contributed by atoms with Gasteiger partial charge in [0.05, 0.1) is 14.2 Å².